The third-order valence-electron chi connectivity index (χ3n) is 3.00. The summed E-state index contributed by atoms with van der Waals surface area (Å²) in [5, 5.41) is 5.87. The van der Waals surface area contributed by atoms with Crippen molar-refractivity contribution in [3.05, 3.63) is 0 Å². The number of nitrogens with one attached hydrogen (secondary N) is 2. The highest BCUT2D eigenvalue weighted by molar-refractivity contribution is 5.85. The maximum absolute atomic E-state index is 11.3. The van der Waals surface area contributed by atoms with E-state index in [-0.39, 0.29) is 29.8 Å². The summed E-state index contributed by atoms with van der Waals surface area (Å²) in [6, 6.07) is -0.101. The van der Waals surface area contributed by atoms with Crippen molar-refractivity contribution in [3.8, 4) is 0 Å². The third kappa shape index (κ3) is 1.48. The molecule has 2 saturated heterocycles. The summed E-state index contributed by atoms with van der Waals surface area (Å²) in [5.41, 5.74) is 0. The van der Waals surface area contributed by atoms with E-state index < -0.39 is 0 Å². The topological polar surface area (TPSA) is 67.4 Å². The van der Waals surface area contributed by atoms with Gasteiger partial charge in [0.2, 0.25) is 5.91 Å². The molecule has 0 aromatic heterocycles. The first-order valence-electron chi connectivity index (χ1n) is 4.81. The number of ether oxygens (including phenoxy) is 1. The Bertz CT molecular complexity index is 267. The van der Waals surface area contributed by atoms with Crippen LogP contribution in [0.3, 0.4) is 0 Å². The van der Waals surface area contributed by atoms with Crippen molar-refractivity contribution < 1.29 is 14.3 Å². The molecule has 2 aliphatic rings. The van der Waals surface area contributed by atoms with Gasteiger partial charge in [0, 0.05) is 19.0 Å². The zero-order chi connectivity index (χ0) is 10.1. The number of hydrogen-bond donors (Lipinski definition) is 2. The van der Waals surface area contributed by atoms with Crippen LogP contribution in [0.25, 0.3) is 0 Å². The number of esters is 1. The highest BCUT2D eigenvalue weighted by Crippen LogP contribution is 2.24. The number of methoxy groups -OCH3 is 1. The van der Waals surface area contributed by atoms with Crippen LogP contribution >= 0.6 is 0 Å². The second-order valence-corrected chi connectivity index (χ2v) is 3.85. The third-order valence-corrected chi connectivity index (χ3v) is 3.00. The SMILES string of the molecule is COC(=O)[C@@H]1CN[C@@H]2C(=O)NC[C@H]2C1. The number of piperidine rings is 1. The van der Waals surface area contributed by atoms with Crippen LogP contribution in [-0.2, 0) is 14.3 Å². The van der Waals surface area contributed by atoms with Crippen molar-refractivity contribution in [2.24, 2.45) is 11.8 Å². The first-order chi connectivity index (χ1) is 6.72. The van der Waals surface area contributed by atoms with Gasteiger partial charge < -0.3 is 15.4 Å². The van der Waals surface area contributed by atoms with E-state index in [1.165, 1.54) is 7.11 Å². The normalized spacial score (nSPS) is 36.1. The molecule has 1 amide bonds. The fourth-order valence-corrected chi connectivity index (χ4v) is 2.22. The van der Waals surface area contributed by atoms with E-state index in [9.17, 15) is 9.59 Å². The molecule has 0 aliphatic carbocycles. The van der Waals surface area contributed by atoms with E-state index >= 15 is 0 Å². The van der Waals surface area contributed by atoms with E-state index in [0.717, 1.165) is 6.42 Å². The zero-order valence-electron chi connectivity index (χ0n) is 8.08. The van der Waals surface area contributed by atoms with Crippen LogP contribution in [0.2, 0.25) is 0 Å². The van der Waals surface area contributed by atoms with E-state index in [1.54, 1.807) is 0 Å². The summed E-state index contributed by atoms with van der Waals surface area (Å²) in [6.07, 6.45) is 0.739. The van der Waals surface area contributed by atoms with Crippen molar-refractivity contribution in [1.29, 1.82) is 0 Å². The number of hydrogen-bond acceptors (Lipinski definition) is 4. The standard InChI is InChI=1S/C9H14N2O3/c1-14-9(13)6-2-5-3-11-8(12)7(5)10-4-6/h5-7,10H,2-4H2,1H3,(H,11,12)/t5-,6+,7+/m1/s1. The molecule has 14 heavy (non-hydrogen) atoms. The van der Waals surface area contributed by atoms with Crippen LogP contribution in [0.15, 0.2) is 0 Å². The number of amides is 1. The van der Waals surface area contributed by atoms with E-state index in [1.807, 2.05) is 0 Å². The van der Waals surface area contributed by atoms with Crippen molar-refractivity contribution in [2.75, 3.05) is 20.2 Å². The molecule has 2 aliphatic heterocycles. The Morgan fingerprint density at radius 3 is 3.00 bits per heavy atom. The van der Waals surface area contributed by atoms with E-state index in [0.29, 0.717) is 13.1 Å². The van der Waals surface area contributed by atoms with Crippen LogP contribution in [0, 0.1) is 11.8 Å². The molecule has 0 aromatic carbocycles. The van der Waals surface area contributed by atoms with Gasteiger partial charge in [-0.25, -0.2) is 0 Å². The Morgan fingerprint density at radius 1 is 1.50 bits per heavy atom. The van der Waals surface area contributed by atoms with Crippen LogP contribution in [0.4, 0.5) is 0 Å². The molecular formula is C9H14N2O3. The van der Waals surface area contributed by atoms with Gasteiger partial charge in [0.05, 0.1) is 19.1 Å². The summed E-state index contributed by atoms with van der Waals surface area (Å²) in [6.45, 7) is 1.21. The lowest BCUT2D eigenvalue weighted by molar-refractivity contribution is -0.147. The Labute approximate surface area is 82.2 Å². The van der Waals surface area contributed by atoms with Gasteiger partial charge in [0.1, 0.15) is 0 Å². The Morgan fingerprint density at radius 2 is 2.29 bits per heavy atom. The molecule has 2 fully saturated rings. The maximum Gasteiger partial charge on any atom is 0.309 e. The molecule has 5 heteroatoms. The van der Waals surface area contributed by atoms with E-state index in [2.05, 4.69) is 15.4 Å². The van der Waals surface area contributed by atoms with Crippen molar-refractivity contribution in [3.63, 3.8) is 0 Å². The second-order valence-electron chi connectivity index (χ2n) is 3.85. The second kappa shape index (κ2) is 3.57. The van der Waals surface area contributed by atoms with Crippen molar-refractivity contribution in [2.45, 2.75) is 12.5 Å². The lowest BCUT2D eigenvalue weighted by atomic mass is 9.86. The molecule has 0 bridgehead atoms. The molecule has 0 spiro atoms. The average molecular weight is 198 g/mol. The summed E-state index contributed by atoms with van der Waals surface area (Å²) in [5.74, 6) is 0.00270. The number of rotatable bonds is 1. The Balaban J connectivity index is 1.99. The van der Waals surface area contributed by atoms with Gasteiger partial charge in [-0.1, -0.05) is 0 Å². The highest BCUT2D eigenvalue weighted by atomic mass is 16.5. The van der Waals surface area contributed by atoms with Gasteiger partial charge in [-0.3, -0.25) is 9.59 Å². The summed E-state index contributed by atoms with van der Waals surface area (Å²) >= 11 is 0. The minimum Gasteiger partial charge on any atom is -0.469 e. The fourth-order valence-electron chi connectivity index (χ4n) is 2.22. The average Bonchev–Trinajstić information content (AvgIpc) is 2.59. The van der Waals surface area contributed by atoms with Gasteiger partial charge in [-0.2, -0.15) is 0 Å². The summed E-state index contributed by atoms with van der Waals surface area (Å²) < 4.78 is 4.68. The molecule has 0 radical (unpaired) electrons. The quantitative estimate of drug-likeness (QED) is 0.524. The smallest absolute Gasteiger partial charge is 0.309 e. The molecular weight excluding hydrogens is 184 g/mol. The minimum atomic E-state index is -0.185. The number of fused-ring (bicyclic) bond motifs is 1. The monoisotopic (exact) mass is 198 g/mol. The van der Waals surface area contributed by atoms with Gasteiger partial charge >= 0.3 is 5.97 Å². The lowest BCUT2D eigenvalue weighted by Gasteiger charge is -2.29. The zero-order valence-corrected chi connectivity index (χ0v) is 8.08. The minimum absolute atomic E-state index is 0.0540. The molecule has 3 atom stereocenters. The highest BCUT2D eigenvalue weighted by Gasteiger charge is 2.41. The largest absolute Gasteiger partial charge is 0.469 e. The molecule has 2 rings (SSSR count). The van der Waals surface area contributed by atoms with Crippen molar-refractivity contribution in [1.82, 2.24) is 10.6 Å². The number of carbonyl (C=O) groups is 2. The fraction of sp³-hybridized carbons (Fsp3) is 0.778. The van der Waals surface area contributed by atoms with E-state index in [4.69, 9.17) is 0 Å². The van der Waals surface area contributed by atoms with Gasteiger partial charge in [-0.15, -0.1) is 0 Å². The molecule has 5 nitrogen and oxygen atoms in total. The molecule has 0 saturated carbocycles. The molecule has 0 unspecified atom stereocenters. The molecule has 0 aromatic rings. The van der Waals surface area contributed by atoms with Gasteiger partial charge in [0.15, 0.2) is 0 Å². The summed E-state index contributed by atoms with van der Waals surface area (Å²) in [7, 11) is 1.40. The lowest BCUT2D eigenvalue weighted by Crippen LogP contribution is -2.49. The predicted octanol–water partition coefficient (Wildman–Crippen LogP) is -1.12. The predicted molar refractivity (Wildman–Crippen MR) is 48.4 cm³/mol. The van der Waals surface area contributed by atoms with Crippen LogP contribution in [0.5, 0.6) is 0 Å². The molecule has 78 valence electrons. The maximum atomic E-state index is 11.3. The Kier molecular flexibility index (Phi) is 2.41. The molecule has 2 heterocycles. The Hall–Kier alpha value is -1.10. The van der Waals surface area contributed by atoms with Gasteiger partial charge in [0.25, 0.3) is 0 Å². The molecule has 2 N–H and O–H groups in total. The first kappa shape index (κ1) is 9.45. The summed E-state index contributed by atoms with van der Waals surface area (Å²) in [4.78, 5) is 22.5. The first-order valence-corrected chi connectivity index (χ1v) is 4.81. The van der Waals surface area contributed by atoms with Crippen LogP contribution in [-0.4, -0.2) is 38.1 Å². The van der Waals surface area contributed by atoms with Crippen LogP contribution in [0.1, 0.15) is 6.42 Å². The van der Waals surface area contributed by atoms with Crippen molar-refractivity contribution >= 4 is 11.9 Å². The van der Waals surface area contributed by atoms with Crippen LogP contribution < -0.4 is 10.6 Å². The van der Waals surface area contributed by atoms with Gasteiger partial charge in [-0.05, 0) is 6.42 Å². The number of carbonyl (C=O) groups excluding carboxylic acids is 2.